The van der Waals surface area contributed by atoms with Crippen molar-refractivity contribution in [1.29, 1.82) is 0 Å². The van der Waals surface area contributed by atoms with Crippen molar-refractivity contribution in [3.63, 3.8) is 0 Å². The molecule has 2 heteroatoms. The molecule has 0 aromatic carbocycles. The zero-order valence-electron chi connectivity index (χ0n) is 4.13. The van der Waals surface area contributed by atoms with Gasteiger partial charge < -0.3 is 0 Å². The van der Waals surface area contributed by atoms with Gasteiger partial charge in [-0.15, -0.1) is 0 Å². The van der Waals surface area contributed by atoms with E-state index in [1.165, 1.54) is 0 Å². The third-order valence-electron chi connectivity index (χ3n) is 0.695. The van der Waals surface area contributed by atoms with Gasteiger partial charge in [-0.2, -0.15) is 0 Å². The van der Waals surface area contributed by atoms with Crippen molar-refractivity contribution < 1.29 is 0 Å². The van der Waals surface area contributed by atoms with Crippen LogP contribution in [-0.4, -0.2) is 9.97 Å². The molecular weight excluding hydrogens is 100 g/mol. The van der Waals surface area contributed by atoms with Crippen LogP contribution in [0.1, 0.15) is 13.3 Å². The molecule has 0 aliphatic heterocycles. The van der Waals surface area contributed by atoms with Crippen molar-refractivity contribution >= 4 is 0 Å². The molecule has 0 radical (unpaired) electrons. The van der Waals surface area contributed by atoms with E-state index in [-0.39, 0.29) is 7.43 Å². The van der Waals surface area contributed by atoms with Crippen LogP contribution < -0.4 is 0 Å². The predicted octanol–water partition coefficient (Wildman–Crippen LogP) is 1.42. The van der Waals surface area contributed by atoms with Crippen LogP contribution in [-0.2, 0) is 0 Å². The van der Waals surface area contributed by atoms with Crippen LogP contribution in [0.5, 0.6) is 0 Å². The fourth-order valence-electron chi connectivity index (χ4n) is 0.374. The number of nitrogens with zero attached hydrogens (tertiary/aromatic N) is 2. The van der Waals surface area contributed by atoms with Gasteiger partial charge in [0.1, 0.15) is 5.82 Å². The molecule has 0 fully saturated rings. The summed E-state index contributed by atoms with van der Waals surface area (Å²) in [5, 5.41) is 0. The summed E-state index contributed by atoms with van der Waals surface area (Å²) >= 11 is 0. The lowest BCUT2D eigenvalue weighted by Gasteiger charge is -1.81. The van der Waals surface area contributed by atoms with Gasteiger partial charge in [-0.3, -0.25) is 0 Å². The van der Waals surface area contributed by atoms with Gasteiger partial charge in [-0.1, -0.05) is 7.43 Å². The molecule has 1 aromatic heterocycles. The first-order valence-corrected chi connectivity index (χ1v) is 2.13. The summed E-state index contributed by atoms with van der Waals surface area (Å²) in [6, 6.07) is 1.80. The smallest absolute Gasteiger partial charge is 0.125 e. The molecule has 0 saturated heterocycles. The molecule has 0 amide bonds. The SMILES string of the molecule is C.Cc1ncccn1. The molecule has 1 heterocycles. The van der Waals surface area contributed by atoms with Gasteiger partial charge in [-0.25, -0.2) is 9.97 Å². The van der Waals surface area contributed by atoms with Crippen molar-refractivity contribution in [3.8, 4) is 0 Å². The Morgan fingerprint density at radius 1 is 1.25 bits per heavy atom. The second-order valence-corrected chi connectivity index (χ2v) is 1.30. The molecule has 44 valence electrons. The lowest BCUT2D eigenvalue weighted by Crippen LogP contribution is -1.80. The minimum absolute atomic E-state index is 0. The maximum Gasteiger partial charge on any atom is 0.125 e. The highest BCUT2D eigenvalue weighted by molar-refractivity contribution is 4.83. The van der Waals surface area contributed by atoms with E-state index in [2.05, 4.69) is 9.97 Å². The number of hydrogen-bond donors (Lipinski definition) is 0. The van der Waals surface area contributed by atoms with Crippen LogP contribution in [0, 0.1) is 6.92 Å². The monoisotopic (exact) mass is 110 g/mol. The normalized spacial score (nSPS) is 7.62. The van der Waals surface area contributed by atoms with Crippen molar-refractivity contribution in [2.24, 2.45) is 0 Å². The van der Waals surface area contributed by atoms with Crippen molar-refractivity contribution in [2.75, 3.05) is 0 Å². The van der Waals surface area contributed by atoms with E-state index < -0.39 is 0 Å². The van der Waals surface area contributed by atoms with Gasteiger partial charge >= 0.3 is 0 Å². The van der Waals surface area contributed by atoms with E-state index in [0.717, 1.165) is 5.82 Å². The highest BCUT2D eigenvalue weighted by Gasteiger charge is 1.74. The Morgan fingerprint density at radius 2 is 1.75 bits per heavy atom. The number of aryl methyl sites for hydroxylation is 1. The molecule has 0 aliphatic rings. The third-order valence-corrected chi connectivity index (χ3v) is 0.695. The van der Waals surface area contributed by atoms with Gasteiger partial charge in [0.15, 0.2) is 0 Å². The minimum atomic E-state index is 0. The first-order valence-electron chi connectivity index (χ1n) is 2.13. The van der Waals surface area contributed by atoms with E-state index >= 15 is 0 Å². The second kappa shape index (κ2) is 3.13. The first-order chi connectivity index (χ1) is 3.39. The van der Waals surface area contributed by atoms with Gasteiger partial charge in [0.05, 0.1) is 0 Å². The van der Waals surface area contributed by atoms with E-state index in [9.17, 15) is 0 Å². The van der Waals surface area contributed by atoms with Crippen LogP contribution >= 0.6 is 0 Å². The quantitative estimate of drug-likeness (QED) is 0.504. The van der Waals surface area contributed by atoms with Crippen molar-refractivity contribution in [1.82, 2.24) is 9.97 Å². The topological polar surface area (TPSA) is 25.8 Å². The second-order valence-electron chi connectivity index (χ2n) is 1.30. The van der Waals surface area contributed by atoms with Crippen LogP contribution in [0.4, 0.5) is 0 Å². The molecular formula is C6H10N2. The molecule has 8 heavy (non-hydrogen) atoms. The Balaban J connectivity index is 0.000000490. The Kier molecular flexibility index (Phi) is 2.77. The average molecular weight is 110 g/mol. The van der Waals surface area contributed by atoms with E-state index in [1.807, 2.05) is 6.92 Å². The lowest BCUT2D eigenvalue weighted by molar-refractivity contribution is 1.05. The fraction of sp³-hybridized carbons (Fsp3) is 0.333. The molecule has 0 saturated carbocycles. The molecule has 0 unspecified atom stereocenters. The number of aromatic nitrogens is 2. The minimum Gasteiger partial charge on any atom is -0.242 e. The van der Waals surface area contributed by atoms with E-state index in [0.29, 0.717) is 0 Å². The van der Waals surface area contributed by atoms with Gasteiger partial charge in [0.2, 0.25) is 0 Å². The van der Waals surface area contributed by atoms with Crippen LogP contribution in [0.25, 0.3) is 0 Å². The lowest BCUT2D eigenvalue weighted by atomic mass is 10.6. The molecule has 1 aromatic rings. The highest BCUT2D eigenvalue weighted by atomic mass is 14.8. The van der Waals surface area contributed by atoms with Gasteiger partial charge in [0, 0.05) is 12.4 Å². The van der Waals surface area contributed by atoms with Crippen molar-refractivity contribution in [2.45, 2.75) is 14.4 Å². The average Bonchev–Trinajstić information content (AvgIpc) is 1.69. The standard InChI is InChI=1S/C5H6N2.CH4/c1-5-6-3-2-4-7-5;/h2-4H,1H3;1H4. The van der Waals surface area contributed by atoms with Crippen LogP contribution in [0.3, 0.4) is 0 Å². The Labute approximate surface area is 49.6 Å². The molecule has 0 atom stereocenters. The number of rotatable bonds is 0. The van der Waals surface area contributed by atoms with Crippen LogP contribution in [0.15, 0.2) is 18.5 Å². The van der Waals surface area contributed by atoms with E-state index in [4.69, 9.17) is 0 Å². The largest absolute Gasteiger partial charge is 0.242 e. The summed E-state index contributed by atoms with van der Waals surface area (Å²) in [7, 11) is 0. The summed E-state index contributed by atoms with van der Waals surface area (Å²) < 4.78 is 0. The molecule has 0 N–H and O–H groups in total. The first kappa shape index (κ1) is 7.08. The molecule has 2 nitrogen and oxygen atoms in total. The van der Waals surface area contributed by atoms with Crippen LogP contribution in [0.2, 0.25) is 0 Å². The highest BCUT2D eigenvalue weighted by Crippen LogP contribution is 1.78. The Hall–Kier alpha value is -0.920. The zero-order chi connectivity index (χ0) is 5.11. The fourth-order valence-corrected chi connectivity index (χ4v) is 0.374. The third kappa shape index (κ3) is 1.69. The number of hydrogen-bond acceptors (Lipinski definition) is 2. The van der Waals surface area contributed by atoms with Gasteiger partial charge in [0.25, 0.3) is 0 Å². The summed E-state index contributed by atoms with van der Waals surface area (Å²) in [5.41, 5.74) is 0. The van der Waals surface area contributed by atoms with Gasteiger partial charge in [-0.05, 0) is 13.0 Å². The maximum absolute atomic E-state index is 3.87. The Bertz CT molecular complexity index is 136. The summed E-state index contributed by atoms with van der Waals surface area (Å²) in [5.74, 6) is 0.822. The van der Waals surface area contributed by atoms with Crippen molar-refractivity contribution in [3.05, 3.63) is 24.3 Å². The van der Waals surface area contributed by atoms with E-state index in [1.54, 1.807) is 18.5 Å². The molecule has 1 rings (SSSR count). The summed E-state index contributed by atoms with van der Waals surface area (Å²) in [4.78, 5) is 7.74. The molecule has 0 spiro atoms. The zero-order valence-corrected chi connectivity index (χ0v) is 4.13. The Morgan fingerprint density at radius 3 is 2.00 bits per heavy atom. The predicted molar refractivity (Wildman–Crippen MR) is 33.5 cm³/mol. The molecule has 0 bridgehead atoms. The molecule has 0 aliphatic carbocycles. The maximum atomic E-state index is 3.87. The summed E-state index contributed by atoms with van der Waals surface area (Å²) in [6.45, 7) is 1.86. The summed E-state index contributed by atoms with van der Waals surface area (Å²) in [6.07, 6.45) is 3.45.